The van der Waals surface area contributed by atoms with Gasteiger partial charge in [0.05, 0.1) is 30.1 Å². The van der Waals surface area contributed by atoms with Gasteiger partial charge >= 0.3 is 0 Å². The maximum absolute atomic E-state index is 13.6. The topological polar surface area (TPSA) is 125 Å². The predicted molar refractivity (Wildman–Crippen MR) is 155 cm³/mol. The second kappa shape index (κ2) is 15.1. The van der Waals surface area contributed by atoms with E-state index in [1.807, 2.05) is 30.3 Å². The minimum absolute atomic E-state index is 0.0188. The molecule has 1 amide bonds. The number of aliphatic hydroxyl groups excluding tert-OH is 2. The van der Waals surface area contributed by atoms with Crippen molar-refractivity contribution in [1.82, 2.24) is 9.79 Å². The molecule has 0 aliphatic rings. The largest absolute Gasteiger partial charge is 0.490 e. The maximum Gasteiger partial charge on any atom is 0.295 e. The summed E-state index contributed by atoms with van der Waals surface area (Å²) in [6.45, 7) is 3.35. The first-order chi connectivity index (χ1) is 19.1. The van der Waals surface area contributed by atoms with Crippen molar-refractivity contribution in [2.45, 2.75) is 32.5 Å². The van der Waals surface area contributed by atoms with Crippen molar-refractivity contribution in [2.75, 3.05) is 32.1 Å². The van der Waals surface area contributed by atoms with Crippen LogP contribution >= 0.6 is 11.6 Å². The number of halogens is 1. The molecule has 0 aliphatic heterocycles. The molecular weight excluding hydrogens is 556 g/mol. The van der Waals surface area contributed by atoms with Crippen molar-refractivity contribution >= 4 is 27.5 Å². The van der Waals surface area contributed by atoms with E-state index in [9.17, 15) is 23.4 Å². The number of sulfonamides is 1. The zero-order valence-electron chi connectivity index (χ0n) is 22.5. The van der Waals surface area contributed by atoms with Gasteiger partial charge in [-0.3, -0.25) is 9.63 Å². The summed E-state index contributed by atoms with van der Waals surface area (Å²) in [4.78, 5) is 19.1. The lowest BCUT2D eigenvalue weighted by Crippen LogP contribution is -2.40. The number of nitrogens with zero attached hydrogens (tertiary/aromatic N) is 1. The average Bonchev–Trinajstić information content (AvgIpc) is 2.93. The minimum Gasteiger partial charge on any atom is -0.490 e. The lowest BCUT2D eigenvalue weighted by Gasteiger charge is -2.23. The Balaban J connectivity index is 1.77. The van der Waals surface area contributed by atoms with Gasteiger partial charge in [0.25, 0.3) is 15.9 Å². The van der Waals surface area contributed by atoms with E-state index in [1.54, 1.807) is 50.2 Å². The molecule has 0 saturated heterocycles. The summed E-state index contributed by atoms with van der Waals surface area (Å²) < 4.78 is 32.4. The fourth-order valence-corrected chi connectivity index (χ4v) is 5.27. The van der Waals surface area contributed by atoms with Crippen LogP contribution in [-0.4, -0.2) is 67.2 Å². The van der Waals surface area contributed by atoms with Gasteiger partial charge in [0.2, 0.25) is 0 Å². The quantitative estimate of drug-likeness (QED) is 0.178. The molecule has 11 heteroatoms. The van der Waals surface area contributed by atoms with E-state index in [1.165, 1.54) is 6.07 Å². The average molecular weight is 591 g/mol. The van der Waals surface area contributed by atoms with Crippen LogP contribution in [0.15, 0.2) is 72.8 Å². The molecule has 0 aromatic heterocycles. The van der Waals surface area contributed by atoms with Gasteiger partial charge in [0, 0.05) is 24.7 Å². The van der Waals surface area contributed by atoms with Crippen LogP contribution in [0.4, 0.5) is 0 Å². The number of aliphatic hydroxyl groups is 2. The summed E-state index contributed by atoms with van der Waals surface area (Å²) in [7, 11) is -4.24. The van der Waals surface area contributed by atoms with Crippen LogP contribution in [0.3, 0.4) is 0 Å². The van der Waals surface area contributed by atoms with E-state index in [4.69, 9.17) is 21.2 Å². The van der Waals surface area contributed by atoms with Crippen LogP contribution in [0.25, 0.3) is 11.1 Å². The van der Waals surface area contributed by atoms with Gasteiger partial charge in [0.15, 0.2) is 0 Å². The molecule has 0 aliphatic carbocycles. The Bertz CT molecular complexity index is 1350. The fourth-order valence-electron chi connectivity index (χ4n) is 3.83. The van der Waals surface area contributed by atoms with Crippen LogP contribution in [0.1, 0.15) is 42.3 Å². The first kappa shape index (κ1) is 31.5. The van der Waals surface area contributed by atoms with Gasteiger partial charge in [-0.05, 0) is 61.2 Å². The minimum atomic E-state index is -4.24. The summed E-state index contributed by atoms with van der Waals surface area (Å²) in [6, 6.07) is 21.3. The number of amides is 1. The molecule has 0 saturated carbocycles. The van der Waals surface area contributed by atoms with E-state index in [2.05, 4.69) is 5.32 Å². The van der Waals surface area contributed by atoms with Crippen LogP contribution in [0, 0.1) is 0 Å². The van der Waals surface area contributed by atoms with Crippen molar-refractivity contribution in [2.24, 2.45) is 0 Å². The summed E-state index contributed by atoms with van der Waals surface area (Å²) in [5.74, 6) is -1.18. The standard InChI is InChI=1S/C29H35ClN2O7S/c1-21(2)39-28-19-23(22-8-4-3-5-9-22)12-13-26(28)29(35)32(40(36,37)17-7-15-33)38-16-14-31-20-27(34)24-10-6-11-25(30)18-24/h3-6,8-13,18-19,21,27,31,33-34H,7,14-17,20H2,1-2H3/t27-/m0/s1. The van der Waals surface area contributed by atoms with Gasteiger partial charge in [-0.1, -0.05) is 60.1 Å². The van der Waals surface area contributed by atoms with Crippen molar-refractivity contribution in [1.29, 1.82) is 0 Å². The molecule has 0 unspecified atom stereocenters. The lowest BCUT2D eigenvalue weighted by molar-refractivity contribution is -0.0582. The highest BCUT2D eigenvalue weighted by Gasteiger charge is 2.32. The number of ether oxygens (including phenoxy) is 1. The molecule has 0 radical (unpaired) electrons. The smallest absolute Gasteiger partial charge is 0.295 e. The summed E-state index contributed by atoms with van der Waals surface area (Å²) >= 11 is 5.97. The predicted octanol–water partition coefficient (Wildman–Crippen LogP) is 4.20. The van der Waals surface area contributed by atoms with E-state index in [0.717, 1.165) is 11.1 Å². The fraction of sp³-hybridized carbons (Fsp3) is 0.345. The van der Waals surface area contributed by atoms with Gasteiger partial charge in [0.1, 0.15) is 5.75 Å². The summed E-state index contributed by atoms with van der Waals surface area (Å²) in [5, 5.41) is 23.0. The van der Waals surface area contributed by atoms with Gasteiger partial charge in [-0.25, -0.2) is 8.42 Å². The molecule has 1 atom stereocenters. The Labute approximate surface area is 240 Å². The highest BCUT2D eigenvalue weighted by Crippen LogP contribution is 2.30. The van der Waals surface area contributed by atoms with Crippen molar-refractivity contribution in [3.8, 4) is 16.9 Å². The molecule has 40 heavy (non-hydrogen) atoms. The van der Waals surface area contributed by atoms with Crippen LogP contribution in [-0.2, 0) is 14.9 Å². The lowest BCUT2D eigenvalue weighted by atomic mass is 10.0. The number of hydrogen-bond donors (Lipinski definition) is 3. The molecule has 3 rings (SSSR count). The molecule has 0 spiro atoms. The van der Waals surface area contributed by atoms with Gasteiger partial charge in [-0.2, -0.15) is 0 Å². The molecule has 0 bridgehead atoms. The number of hydrogen-bond acceptors (Lipinski definition) is 8. The van der Waals surface area contributed by atoms with E-state index >= 15 is 0 Å². The number of rotatable bonds is 15. The Morgan fingerprint density at radius 2 is 1.77 bits per heavy atom. The molecule has 216 valence electrons. The third-order valence-corrected chi connectivity index (χ3v) is 7.54. The van der Waals surface area contributed by atoms with Crippen molar-refractivity contribution in [3.05, 3.63) is 88.9 Å². The van der Waals surface area contributed by atoms with Gasteiger partial charge in [-0.15, -0.1) is 4.47 Å². The number of benzene rings is 3. The third kappa shape index (κ3) is 9.02. The van der Waals surface area contributed by atoms with Crippen molar-refractivity contribution in [3.63, 3.8) is 0 Å². The zero-order valence-corrected chi connectivity index (χ0v) is 24.1. The second-order valence-electron chi connectivity index (χ2n) is 9.28. The monoisotopic (exact) mass is 590 g/mol. The van der Waals surface area contributed by atoms with Crippen LogP contribution in [0.5, 0.6) is 5.75 Å². The highest BCUT2D eigenvalue weighted by molar-refractivity contribution is 7.89. The molecular formula is C29H35ClN2O7S. The van der Waals surface area contributed by atoms with E-state index in [-0.39, 0.29) is 50.1 Å². The molecule has 0 fully saturated rings. The highest BCUT2D eigenvalue weighted by atomic mass is 35.5. The van der Waals surface area contributed by atoms with E-state index < -0.39 is 27.8 Å². The Kier molecular flexibility index (Phi) is 11.9. The maximum atomic E-state index is 13.6. The molecule has 3 aromatic rings. The van der Waals surface area contributed by atoms with Gasteiger partial charge < -0.3 is 20.3 Å². The zero-order chi connectivity index (χ0) is 29.1. The number of carbonyl (C=O) groups is 1. The summed E-state index contributed by atoms with van der Waals surface area (Å²) in [5.41, 5.74) is 2.35. The second-order valence-corrected chi connectivity index (χ2v) is 11.6. The Morgan fingerprint density at radius 3 is 2.45 bits per heavy atom. The normalized spacial score (nSPS) is 12.3. The van der Waals surface area contributed by atoms with Crippen molar-refractivity contribution < 1.29 is 33.0 Å². The molecule has 9 nitrogen and oxygen atoms in total. The number of carbonyl (C=O) groups excluding carboxylic acids is 1. The number of nitrogens with one attached hydrogen (secondary N) is 1. The first-order valence-electron chi connectivity index (χ1n) is 12.9. The summed E-state index contributed by atoms with van der Waals surface area (Å²) in [6.07, 6.45) is -1.20. The number of hydroxylamine groups is 1. The molecule has 0 heterocycles. The molecule has 3 N–H and O–H groups in total. The van der Waals surface area contributed by atoms with E-state index in [0.29, 0.717) is 15.1 Å². The first-order valence-corrected chi connectivity index (χ1v) is 14.9. The SMILES string of the molecule is CC(C)Oc1cc(-c2ccccc2)ccc1C(=O)N(OCCNC[C@H](O)c1cccc(Cl)c1)S(=O)(=O)CCCO. The van der Waals surface area contributed by atoms with Crippen LogP contribution < -0.4 is 10.1 Å². The Morgan fingerprint density at radius 1 is 1.02 bits per heavy atom. The molecule has 3 aromatic carbocycles. The third-order valence-electron chi connectivity index (χ3n) is 5.72. The Hall–Kier alpha value is -2.99. The van der Waals surface area contributed by atoms with Crippen LogP contribution in [0.2, 0.25) is 5.02 Å².